The van der Waals surface area contributed by atoms with Crippen molar-refractivity contribution in [3.63, 3.8) is 0 Å². The molecule has 1 amide bonds. The van der Waals surface area contributed by atoms with Crippen molar-refractivity contribution in [3.05, 3.63) is 58.6 Å². The molecule has 1 aliphatic carbocycles. The second-order valence-electron chi connectivity index (χ2n) is 11.3. The lowest BCUT2D eigenvalue weighted by Crippen LogP contribution is -3.13. The molecule has 0 spiro atoms. The van der Waals surface area contributed by atoms with E-state index in [1.807, 2.05) is 53.1 Å². The normalized spacial score (nSPS) is 25.9. The Labute approximate surface area is 208 Å². The summed E-state index contributed by atoms with van der Waals surface area (Å²) in [6, 6.07) is 16.0. The SMILES string of the molecule is CC1(C)C[C@@H]2C[C@@](C)(C[NH+]2Cn2c(O)c(N=NC(=O)Cc3ccccc3)c3cc(Br)ccc32)C1. The van der Waals surface area contributed by atoms with Crippen molar-refractivity contribution < 1.29 is 14.8 Å². The first-order valence-electron chi connectivity index (χ1n) is 12.0. The summed E-state index contributed by atoms with van der Waals surface area (Å²) in [6.45, 7) is 8.95. The number of carbonyl (C=O) groups is 1. The molecule has 3 atom stereocenters. The van der Waals surface area contributed by atoms with Gasteiger partial charge in [-0.3, -0.25) is 9.36 Å². The fourth-order valence-electron chi connectivity index (χ4n) is 6.60. The third kappa shape index (κ3) is 4.56. The first-order valence-corrected chi connectivity index (χ1v) is 12.8. The summed E-state index contributed by atoms with van der Waals surface area (Å²) in [7, 11) is 0. The molecule has 7 heteroatoms. The molecular formula is C27H32BrN4O2+. The van der Waals surface area contributed by atoms with Gasteiger partial charge in [-0.25, -0.2) is 0 Å². The Kier molecular flexibility index (Phi) is 5.89. The lowest BCUT2D eigenvalue weighted by molar-refractivity contribution is -0.936. The topological polar surface area (TPSA) is 71.4 Å². The van der Waals surface area contributed by atoms with Crippen LogP contribution in [0.5, 0.6) is 5.88 Å². The van der Waals surface area contributed by atoms with Crippen LogP contribution >= 0.6 is 15.9 Å². The van der Waals surface area contributed by atoms with Gasteiger partial charge in [-0.15, -0.1) is 10.2 Å². The van der Waals surface area contributed by atoms with Gasteiger partial charge >= 0.3 is 0 Å². The van der Waals surface area contributed by atoms with Crippen molar-refractivity contribution in [2.45, 2.75) is 59.2 Å². The highest BCUT2D eigenvalue weighted by Gasteiger charge is 2.52. The van der Waals surface area contributed by atoms with Crippen LogP contribution in [0.2, 0.25) is 0 Å². The maximum absolute atomic E-state index is 12.4. The second kappa shape index (κ2) is 8.61. The Hall–Kier alpha value is -2.51. The van der Waals surface area contributed by atoms with E-state index in [1.54, 1.807) is 0 Å². The van der Waals surface area contributed by atoms with E-state index in [4.69, 9.17) is 0 Å². The van der Waals surface area contributed by atoms with Crippen molar-refractivity contribution in [2.75, 3.05) is 6.54 Å². The number of quaternary nitrogens is 1. The molecule has 34 heavy (non-hydrogen) atoms. The quantitative estimate of drug-likeness (QED) is 0.439. The largest absolute Gasteiger partial charge is 0.493 e. The average molecular weight is 524 g/mol. The number of fused-ring (bicyclic) bond motifs is 3. The number of nitrogens with zero attached hydrogens (tertiary/aromatic N) is 3. The van der Waals surface area contributed by atoms with E-state index in [2.05, 4.69) is 46.9 Å². The number of hydrogen-bond donors (Lipinski definition) is 2. The number of nitrogens with one attached hydrogen (secondary N) is 1. The van der Waals surface area contributed by atoms with Crippen LogP contribution in [0.25, 0.3) is 10.9 Å². The van der Waals surface area contributed by atoms with Gasteiger partial charge in [0.2, 0.25) is 5.88 Å². The van der Waals surface area contributed by atoms with Crippen LogP contribution in [0.4, 0.5) is 5.69 Å². The van der Waals surface area contributed by atoms with Crippen molar-refractivity contribution in [2.24, 2.45) is 21.1 Å². The smallest absolute Gasteiger partial charge is 0.269 e. The molecule has 2 N–H and O–H groups in total. The summed E-state index contributed by atoms with van der Waals surface area (Å²) < 4.78 is 2.84. The highest BCUT2D eigenvalue weighted by Crippen LogP contribution is 2.47. The molecule has 2 bridgehead atoms. The predicted octanol–water partition coefficient (Wildman–Crippen LogP) is 5.40. The molecule has 1 saturated heterocycles. The lowest BCUT2D eigenvalue weighted by atomic mass is 9.65. The number of aromatic hydroxyl groups is 1. The van der Waals surface area contributed by atoms with Crippen LogP contribution in [0.3, 0.4) is 0 Å². The van der Waals surface area contributed by atoms with E-state index in [1.165, 1.54) is 24.2 Å². The number of aromatic nitrogens is 1. The molecule has 2 aromatic carbocycles. The van der Waals surface area contributed by atoms with E-state index < -0.39 is 0 Å². The summed E-state index contributed by atoms with van der Waals surface area (Å²) in [5.74, 6) is -0.265. The number of likely N-dealkylation sites (tertiary alicyclic amines) is 1. The van der Waals surface area contributed by atoms with Gasteiger partial charge in [0.25, 0.3) is 5.91 Å². The molecule has 0 radical (unpaired) electrons. The Bertz CT molecular complexity index is 1270. The summed E-state index contributed by atoms with van der Waals surface area (Å²) in [5.41, 5.74) is 2.84. The van der Waals surface area contributed by atoms with Crippen LogP contribution in [-0.4, -0.2) is 28.2 Å². The molecule has 2 heterocycles. The van der Waals surface area contributed by atoms with Crippen molar-refractivity contribution in [3.8, 4) is 5.88 Å². The summed E-state index contributed by atoms with van der Waals surface area (Å²) in [4.78, 5) is 14.0. The second-order valence-corrected chi connectivity index (χ2v) is 12.2. The first-order chi connectivity index (χ1) is 16.1. The van der Waals surface area contributed by atoms with E-state index in [9.17, 15) is 9.90 Å². The minimum atomic E-state index is -0.337. The zero-order valence-corrected chi connectivity index (χ0v) is 21.6. The molecule has 2 fully saturated rings. The molecule has 3 aromatic rings. The third-order valence-electron chi connectivity index (χ3n) is 7.47. The summed E-state index contributed by atoms with van der Waals surface area (Å²) in [5, 5.41) is 20.2. The Balaban J connectivity index is 1.45. The predicted molar refractivity (Wildman–Crippen MR) is 136 cm³/mol. The molecule has 5 rings (SSSR count). The number of amides is 1. The molecule has 178 valence electrons. The van der Waals surface area contributed by atoms with Gasteiger partial charge in [0.05, 0.1) is 24.5 Å². The van der Waals surface area contributed by atoms with Gasteiger partial charge in [-0.2, -0.15) is 0 Å². The van der Waals surface area contributed by atoms with Gasteiger partial charge in [-0.1, -0.05) is 67.0 Å². The Morgan fingerprint density at radius 2 is 1.94 bits per heavy atom. The maximum atomic E-state index is 12.4. The van der Waals surface area contributed by atoms with Gasteiger partial charge in [0, 0.05) is 28.1 Å². The van der Waals surface area contributed by atoms with Crippen LogP contribution in [0.1, 0.15) is 45.6 Å². The Morgan fingerprint density at radius 1 is 1.18 bits per heavy atom. The highest BCUT2D eigenvalue weighted by atomic mass is 79.9. The van der Waals surface area contributed by atoms with Crippen molar-refractivity contribution in [1.82, 2.24) is 4.57 Å². The van der Waals surface area contributed by atoms with Crippen molar-refractivity contribution in [1.29, 1.82) is 0 Å². The number of benzene rings is 2. The van der Waals surface area contributed by atoms with E-state index in [-0.39, 0.29) is 18.2 Å². The number of carbonyl (C=O) groups excluding carboxylic acids is 1. The van der Waals surface area contributed by atoms with Gasteiger partial charge in [0.1, 0.15) is 0 Å². The summed E-state index contributed by atoms with van der Waals surface area (Å²) in [6.07, 6.45) is 3.86. The number of rotatable bonds is 5. The molecule has 1 unspecified atom stereocenters. The van der Waals surface area contributed by atoms with Crippen LogP contribution < -0.4 is 4.90 Å². The van der Waals surface area contributed by atoms with E-state index in [0.717, 1.165) is 27.5 Å². The van der Waals surface area contributed by atoms with Gasteiger partial charge < -0.3 is 10.0 Å². The molecule has 2 aliphatic rings. The zero-order chi connectivity index (χ0) is 24.1. The first kappa shape index (κ1) is 23.2. The van der Waals surface area contributed by atoms with E-state index >= 15 is 0 Å². The number of hydrogen-bond acceptors (Lipinski definition) is 3. The van der Waals surface area contributed by atoms with Crippen LogP contribution in [0, 0.1) is 10.8 Å². The molecule has 6 nitrogen and oxygen atoms in total. The minimum Gasteiger partial charge on any atom is -0.493 e. The molecule has 1 aliphatic heterocycles. The van der Waals surface area contributed by atoms with E-state index in [0.29, 0.717) is 29.2 Å². The number of halogens is 1. The fourth-order valence-corrected chi connectivity index (χ4v) is 6.96. The molecule has 1 aromatic heterocycles. The standard InChI is InChI=1S/C27H31BrN4O2/c1-26(2)13-20-14-27(3,15-26)16-31(20)17-32-22-10-9-19(28)12-21(22)24(25(32)34)30-29-23(33)11-18-7-5-4-6-8-18/h4-10,12,20,34H,11,13-17H2,1-3H3/p+1/t20-,27-/m1/s1. The zero-order valence-electron chi connectivity index (χ0n) is 20.0. The van der Waals surface area contributed by atoms with Crippen LogP contribution in [0.15, 0.2) is 63.2 Å². The monoisotopic (exact) mass is 523 g/mol. The van der Waals surface area contributed by atoms with Crippen molar-refractivity contribution >= 4 is 38.4 Å². The minimum absolute atomic E-state index is 0.0720. The Morgan fingerprint density at radius 3 is 2.71 bits per heavy atom. The number of azo groups is 1. The molecular weight excluding hydrogens is 492 g/mol. The van der Waals surface area contributed by atoms with Gasteiger partial charge in [-0.05, 0) is 35.6 Å². The molecule has 1 saturated carbocycles. The van der Waals surface area contributed by atoms with Gasteiger partial charge in [0.15, 0.2) is 12.4 Å². The third-order valence-corrected chi connectivity index (χ3v) is 7.96. The maximum Gasteiger partial charge on any atom is 0.269 e. The average Bonchev–Trinajstić information content (AvgIpc) is 3.15. The lowest BCUT2D eigenvalue weighted by Gasteiger charge is -2.37. The highest BCUT2D eigenvalue weighted by molar-refractivity contribution is 9.10. The van der Waals surface area contributed by atoms with Crippen LogP contribution in [-0.2, 0) is 17.9 Å². The summed E-state index contributed by atoms with van der Waals surface area (Å²) >= 11 is 3.53. The fraction of sp³-hybridized carbons (Fsp3) is 0.444.